The van der Waals surface area contributed by atoms with Crippen LogP contribution in [0.25, 0.3) is 0 Å². The van der Waals surface area contributed by atoms with Crippen molar-refractivity contribution in [2.75, 3.05) is 19.8 Å². The second-order valence-corrected chi connectivity index (χ2v) is 17.1. The molecule has 5 amide bonds. The smallest absolute Gasteiger partial charge is 0.410 e. The summed E-state index contributed by atoms with van der Waals surface area (Å²) in [6, 6.07) is 3.25. The molecular formula is C35H47N5O10S. The van der Waals surface area contributed by atoms with Crippen molar-refractivity contribution in [1.82, 2.24) is 25.2 Å². The average molecular weight is 730 g/mol. The number of sulfonamides is 1. The molecule has 15 nitrogen and oxygen atoms in total. The van der Waals surface area contributed by atoms with Gasteiger partial charge in [-0.2, -0.15) is 0 Å². The first-order valence-corrected chi connectivity index (χ1v) is 19.1. The Hall–Kier alpha value is -4.34. The fourth-order valence-electron chi connectivity index (χ4n) is 7.06. The molecule has 1 aromatic carbocycles. The van der Waals surface area contributed by atoms with Gasteiger partial charge in [-0.25, -0.2) is 18.0 Å². The van der Waals surface area contributed by atoms with E-state index >= 15 is 0 Å². The normalized spacial score (nSPS) is 29.2. The standard InChI is InChI=1S/C35H47N5O10S/c1-5-22-17-35(22,31(43)38-51(46,47)24-12-13-24)37-29(41)26-16-23-19-40(26)30(42)28(34(2,3)4)36-32(44)49-15-8-6-7-14-48-27-11-9-10-21-18-39(20-25(21)27)33(45)50-23/h6-7,9-11,22-24,26,28H,5,8,12-20H2,1-4H3,(H,36,44)(H,37,41)(H,38,43)/b7-6+/t22-,23?,26-,28+,35-/m0/s1. The highest BCUT2D eigenvalue weighted by Crippen LogP contribution is 2.47. The maximum Gasteiger partial charge on any atom is 0.410 e. The van der Waals surface area contributed by atoms with Gasteiger partial charge >= 0.3 is 12.2 Å². The van der Waals surface area contributed by atoms with Gasteiger partial charge in [0.2, 0.25) is 21.8 Å². The van der Waals surface area contributed by atoms with Crippen molar-refractivity contribution < 1.29 is 46.6 Å². The van der Waals surface area contributed by atoms with E-state index in [1.54, 1.807) is 20.8 Å². The van der Waals surface area contributed by atoms with Crippen molar-refractivity contribution in [3.05, 3.63) is 41.5 Å². The molecule has 5 aliphatic rings. The van der Waals surface area contributed by atoms with Gasteiger partial charge in [-0.15, -0.1) is 0 Å². The summed E-state index contributed by atoms with van der Waals surface area (Å²) >= 11 is 0. The van der Waals surface area contributed by atoms with Crippen LogP contribution in [0.2, 0.25) is 0 Å². The molecule has 4 bridgehead atoms. The molecule has 3 aliphatic heterocycles. The molecule has 51 heavy (non-hydrogen) atoms. The van der Waals surface area contributed by atoms with Crippen molar-refractivity contribution in [3.63, 3.8) is 0 Å². The van der Waals surface area contributed by atoms with Gasteiger partial charge in [0, 0.05) is 18.5 Å². The lowest BCUT2D eigenvalue weighted by atomic mass is 9.85. The van der Waals surface area contributed by atoms with Gasteiger partial charge in [0.15, 0.2) is 0 Å². The largest absolute Gasteiger partial charge is 0.489 e. The topological polar surface area (TPSA) is 190 Å². The van der Waals surface area contributed by atoms with Gasteiger partial charge in [-0.1, -0.05) is 58.4 Å². The Labute approximate surface area is 297 Å². The Morgan fingerprint density at radius 1 is 1.08 bits per heavy atom. The number of amides is 5. The number of cyclic esters (lactones) is 1. The molecule has 3 N–H and O–H groups in total. The van der Waals surface area contributed by atoms with Gasteiger partial charge in [0.05, 0.1) is 24.9 Å². The third-order valence-electron chi connectivity index (χ3n) is 10.3. The Bertz CT molecular complexity index is 1720. The third kappa shape index (κ3) is 7.80. The van der Waals surface area contributed by atoms with E-state index in [9.17, 15) is 32.4 Å². The molecule has 0 spiro atoms. The van der Waals surface area contributed by atoms with Crippen molar-refractivity contribution in [3.8, 4) is 5.75 Å². The lowest BCUT2D eigenvalue weighted by molar-refractivity contribution is -0.143. The molecule has 0 aromatic heterocycles. The first-order chi connectivity index (χ1) is 24.1. The van der Waals surface area contributed by atoms with E-state index in [4.69, 9.17) is 14.2 Å². The second-order valence-electron chi connectivity index (χ2n) is 15.1. The highest BCUT2D eigenvalue weighted by atomic mass is 32.2. The van der Waals surface area contributed by atoms with E-state index in [0.29, 0.717) is 31.4 Å². The predicted molar refractivity (Wildman–Crippen MR) is 182 cm³/mol. The molecule has 5 atom stereocenters. The summed E-state index contributed by atoms with van der Waals surface area (Å²) in [6.07, 6.45) is 3.26. The molecule has 2 aliphatic carbocycles. The molecule has 1 unspecified atom stereocenters. The zero-order chi connectivity index (χ0) is 36.7. The number of carbonyl (C=O) groups is 5. The zero-order valence-electron chi connectivity index (χ0n) is 29.4. The van der Waals surface area contributed by atoms with Crippen LogP contribution in [-0.4, -0.2) is 96.9 Å². The van der Waals surface area contributed by atoms with Crippen LogP contribution < -0.4 is 20.1 Å². The molecule has 3 fully saturated rings. The molecular weight excluding hydrogens is 682 g/mol. The molecule has 1 saturated heterocycles. The van der Waals surface area contributed by atoms with Crippen LogP contribution in [0.3, 0.4) is 0 Å². The predicted octanol–water partition coefficient (Wildman–Crippen LogP) is 2.48. The summed E-state index contributed by atoms with van der Waals surface area (Å²) in [5, 5.41) is 4.83. The van der Waals surface area contributed by atoms with E-state index in [0.717, 1.165) is 11.1 Å². The van der Waals surface area contributed by atoms with E-state index in [1.165, 1.54) is 9.80 Å². The fourth-order valence-corrected chi connectivity index (χ4v) is 8.42. The number of alkyl carbamates (subject to hydrolysis) is 1. The Morgan fingerprint density at radius 2 is 1.84 bits per heavy atom. The van der Waals surface area contributed by atoms with Gasteiger partial charge in [-0.05, 0) is 48.6 Å². The number of benzene rings is 1. The van der Waals surface area contributed by atoms with E-state index in [2.05, 4.69) is 15.4 Å². The van der Waals surface area contributed by atoms with Crippen molar-refractivity contribution in [1.29, 1.82) is 0 Å². The number of rotatable bonds is 6. The van der Waals surface area contributed by atoms with E-state index in [1.807, 2.05) is 37.3 Å². The highest BCUT2D eigenvalue weighted by molar-refractivity contribution is 7.91. The van der Waals surface area contributed by atoms with Crippen molar-refractivity contribution in [2.24, 2.45) is 11.3 Å². The van der Waals surface area contributed by atoms with Crippen LogP contribution in [0.5, 0.6) is 5.75 Å². The molecule has 278 valence electrons. The lowest BCUT2D eigenvalue weighted by Crippen LogP contribution is -2.60. The summed E-state index contributed by atoms with van der Waals surface area (Å²) < 4.78 is 44.7. The van der Waals surface area contributed by atoms with Crippen molar-refractivity contribution in [2.45, 2.75) is 108 Å². The number of nitrogens with one attached hydrogen (secondary N) is 3. The molecule has 0 radical (unpaired) electrons. The first-order valence-electron chi connectivity index (χ1n) is 17.6. The Balaban J connectivity index is 1.27. The SMILES string of the molecule is CC[C@H]1C[C@@]1(NC(=O)[C@@H]1CC2CN1C(=O)[C@H](C(C)(C)C)NC(=O)OCC/C=C/COc1cccc3c1CN(C3)C(=O)O2)C(=O)NS(=O)(=O)C1CC1. The maximum atomic E-state index is 14.3. The van der Waals surface area contributed by atoms with Crippen LogP contribution in [-0.2, 0) is 47.0 Å². The summed E-state index contributed by atoms with van der Waals surface area (Å²) in [5.41, 5.74) is -0.538. The second kappa shape index (κ2) is 14.0. The lowest BCUT2D eigenvalue weighted by Gasteiger charge is -2.35. The van der Waals surface area contributed by atoms with Crippen LogP contribution >= 0.6 is 0 Å². The number of carbonyl (C=O) groups excluding carboxylic acids is 5. The summed E-state index contributed by atoms with van der Waals surface area (Å²) in [6.45, 7) is 7.82. The third-order valence-corrected chi connectivity index (χ3v) is 12.1. The molecule has 3 heterocycles. The number of nitrogens with zero attached hydrogens (tertiary/aromatic N) is 2. The van der Waals surface area contributed by atoms with Crippen LogP contribution in [0.15, 0.2) is 30.4 Å². The minimum Gasteiger partial charge on any atom is -0.489 e. The quantitative estimate of drug-likeness (QED) is 0.367. The van der Waals surface area contributed by atoms with Gasteiger partial charge in [0.1, 0.15) is 36.1 Å². The molecule has 1 aromatic rings. The fraction of sp³-hybridized carbons (Fsp3) is 0.629. The van der Waals surface area contributed by atoms with E-state index < -0.39 is 74.3 Å². The minimum absolute atomic E-state index is 0.0507. The zero-order valence-corrected chi connectivity index (χ0v) is 30.3. The summed E-state index contributed by atoms with van der Waals surface area (Å²) in [4.78, 5) is 71.2. The maximum absolute atomic E-state index is 14.3. The molecule has 2 saturated carbocycles. The average Bonchev–Trinajstić information content (AvgIpc) is 3.96. The number of fused-ring (bicyclic) bond motifs is 3. The Morgan fingerprint density at radius 3 is 2.53 bits per heavy atom. The van der Waals surface area contributed by atoms with Gasteiger partial charge in [-0.3, -0.25) is 24.0 Å². The van der Waals surface area contributed by atoms with Crippen molar-refractivity contribution >= 4 is 39.9 Å². The number of hydrogen-bond donors (Lipinski definition) is 3. The monoisotopic (exact) mass is 729 g/mol. The molecule has 6 rings (SSSR count). The van der Waals surface area contributed by atoms with Gasteiger partial charge < -0.3 is 29.7 Å². The van der Waals surface area contributed by atoms with E-state index in [-0.39, 0.29) is 51.6 Å². The summed E-state index contributed by atoms with van der Waals surface area (Å²) in [5.74, 6) is -1.77. The van der Waals surface area contributed by atoms with Crippen LogP contribution in [0.4, 0.5) is 9.59 Å². The van der Waals surface area contributed by atoms with Crippen LogP contribution in [0, 0.1) is 11.3 Å². The Kier molecular flexibility index (Phi) is 10.0. The number of ether oxygens (including phenoxy) is 3. The summed E-state index contributed by atoms with van der Waals surface area (Å²) in [7, 11) is -3.88. The first kappa shape index (κ1) is 36.5. The number of hydrogen-bond acceptors (Lipinski definition) is 10. The minimum atomic E-state index is -3.88. The highest BCUT2D eigenvalue weighted by Gasteiger charge is 2.62. The van der Waals surface area contributed by atoms with Crippen LogP contribution in [0.1, 0.15) is 77.3 Å². The van der Waals surface area contributed by atoms with Gasteiger partial charge in [0.25, 0.3) is 5.91 Å². The molecule has 16 heteroatoms.